The summed E-state index contributed by atoms with van der Waals surface area (Å²) in [6.07, 6.45) is 0. The largest absolute Gasteiger partial charge is 0.508 e. The Bertz CT molecular complexity index is 589. The molecular weight excluding hydrogens is 230 g/mol. The lowest BCUT2D eigenvalue weighted by atomic mass is 10.2. The molecular formula is C14H13NOS. The fourth-order valence-corrected chi connectivity index (χ4v) is 2.21. The molecule has 0 aliphatic heterocycles. The predicted molar refractivity (Wildman–Crippen MR) is 72.5 cm³/mol. The van der Waals surface area contributed by atoms with Crippen LogP contribution < -0.4 is 0 Å². The highest BCUT2D eigenvalue weighted by molar-refractivity contribution is 7.16. The zero-order valence-corrected chi connectivity index (χ0v) is 10.3. The molecule has 0 aliphatic carbocycles. The average Bonchev–Trinajstić information content (AvgIpc) is 2.80. The van der Waals surface area contributed by atoms with Gasteiger partial charge in [-0.3, -0.25) is 0 Å². The van der Waals surface area contributed by atoms with E-state index in [9.17, 15) is 0 Å². The number of thiazole rings is 1. The fourth-order valence-electron chi connectivity index (χ4n) is 1.46. The van der Waals surface area contributed by atoms with Gasteiger partial charge in [-0.2, -0.15) is 0 Å². The van der Waals surface area contributed by atoms with Crippen LogP contribution in [0.25, 0.3) is 10.2 Å². The monoisotopic (exact) mass is 243 g/mol. The van der Waals surface area contributed by atoms with E-state index in [1.807, 2.05) is 11.6 Å². The Morgan fingerprint density at radius 2 is 1.76 bits per heavy atom. The van der Waals surface area contributed by atoms with Crippen molar-refractivity contribution in [2.45, 2.75) is 6.92 Å². The second-order valence-electron chi connectivity index (χ2n) is 3.61. The topological polar surface area (TPSA) is 33.1 Å². The maximum Gasteiger partial charge on any atom is 0.115 e. The van der Waals surface area contributed by atoms with Gasteiger partial charge >= 0.3 is 0 Å². The molecule has 2 nitrogen and oxygen atoms in total. The summed E-state index contributed by atoms with van der Waals surface area (Å²) in [5, 5.41) is 8.63. The third-order valence-corrected chi connectivity index (χ3v) is 3.11. The predicted octanol–water partition coefficient (Wildman–Crippen LogP) is 4.00. The van der Waals surface area contributed by atoms with Crippen molar-refractivity contribution in [1.82, 2.24) is 4.98 Å². The van der Waals surface area contributed by atoms with Crippen LogP contribution in [0.4, 0.5) is 0 Å². The summed E-state index contributed by atoms with van der Waals surface area (Å²) >= 11 is 1.69. The molecule has 0 atom stereocenters. The van der Waals surface area contributed by atoms with Crippen molar-refractivity contribution in [3.8, 4) is 5.75 Å². The Kier molecular flexibility index (Phi) is 3.73. The Morgan fingerprint density at radius 3 is 2.35 bits per heavy atom. The number of aromatic hydroxyl groups is 1. The Labute approximate surface area is 104 Å². The molecule has 0 saturated heterocycles. The lowest BCUT2D eigenvalue weighted by molar-refractivity contribution is 0.475. The van der Waals surface area contributed by atoms with E-state index in [4.69, 9.17) is 5.11 Å². The molecule has 0 radical (unpaired) electrons. The van der Waals surface area contributed by atoms with Crippen LogP contribution >= 0.6 is 11.3 Å². The van der Waals surface area contributed by atoms with Crippen molar-refractivity contribution >= 4 is 21.6 Å². The number of fused-ring (bicyclic) bond motifs is 1. The van der Waals surface area contributed by atoms with Gasteiger partial charge in [0, 0.05) is 0 Å². The maximum absolute atomic E-state index is 8.63. The van der Waals surface area contributed by atoms with E-state index < -0.39 is 0 Å². The molecule has 0 aliphatic rings. The van der Waals surface area contributed by atoms with E-state index in [0.29, 0.717) is 5.75 Å². The Balaban J connectivity index is 0.000000136. The third kappa shape index (κ3) is 3.04. The van der Waals surface area contributed by atoms with Crippen LogP contribution in [0.3, 0.4) is 0 Å². The van der Waals surface area contributed by atoms with Crippen molar-refractivity contribution in [2.24, 2.45) is 0 Å². The minimum atomic E-state index is 0.322. The molecule has 17 heavy (non-hydrogen) atoms. The number of hydrogen-bond donors (Lipinski definition) is 1. The molecule has 3 heteroatoms. The zero-order chi connectivity index (χ0) is 12.1. The van der Waals surface area contributed by atoms with Gasteiger partial charge in [0.05, 0.1) is 15.7 Å². The van der Waals surface area contributed by atoms with Crippen molar-refractivity contribution in [2.75, 3.05) is 0 Å². The molecule has 3 rings (SSSR count). The number of benzene rings is 2. The number of aromatic nitrogens is 1. The van der Waals surface area contributed by atoms with Gasteiger partial charge in [-0.05, 0) is 30.7 Å². The number of hydrogen-bond acceptors (Lipinski definition) is 3. The summed E-state index contributed by atoms with van der Waals surface area (Å²) in [5.41, 5.74) is 4.30. The van der Waals surface area contributed by atoms with E-state index in [2.05, 4.69) is 30.1 Å². The van der Waals surface area contributed by atoms with E-state index in [1.165, 1.54) is 10.3 Å². The van der Waals surface area contributed by atoms with Crippen molar-refractivity contribution in [3.63, 3.8) is 0 Å². The van der Waals surface area contributed by atoms with Crippen LogP contribution in [-0.4, -0.2) is 10.1 Å². The van der Waals surface area contributed by atoms with E-state index in [1.54, 1.807) is 35.6 Å². The third-order valence-electron chi connectivity index (χ3n) is 2.32. The molecule has 0 bridgehead atoms. The second-order valence-corrected chi connectivity index (χ2v) is 4.50. The van der Waals surface area contributed by atoms with Crippen LogP contribution in [-0.2, 0) is 0 Å². The quantitative estimate of drug-likeness (QED) is 0.647. The minimum absolute atomic E-state index is 0.322. The highest BCUT2D eigenvalue weighted by Crippen LogP contribution is 2.19. The van der Waals surface area contributed by atoms with Crippen LogP contribution in [0.2, 0.25) is 0 Å². The molecule has 0 unspecified atom stereocenters. The number of para-hydroxylation sites is 2. The Morgan fingerprint density at radius 1 is 1.00 bits per heavy atom. The normalized spacial score (nSPS) is 9.71. The molecule has 0 fully saturated rings. The van der Waals surface area contributed by atoms with Crippen LogP contribution in [0, 0.1) is 6.92 Å². The first-order chi connectivity index (χ1) is 8.27. The Hall–Kier alpha value is -1.87. The zero-order valence-electron chi connectivity index (χ0n) is 9.50. The molecule has 1 aromatic heterocycles. The summed E-state index contributed by atoms with van der Waals surface area (Å²) in [6, 6.07) is 15.0. The van der Waals surface area contributed by atoms with Crippen molar-refractivity contribution < 1.29 is 5.11 Å². The van der Waals surface area contributed by atoms with Gasteiger partial charge < -0.3 is 5.11 Å². The molecule has 0 amide bonds. The van der Waals surface area contributed by atoms with E-state index in [0.717, 1.165) is 5.52 Å². The smallest absolute Gasteiger partial charge is 0.115 e. The lowest BCUT2D eigenvalue weighted by Gasteiger charge is -1.90. The molecule has 1 N–H and O–H groups in total. The van der Waals surface area contributed by atoms with Crippen LogP contribution in [0.5, 0.6) is 5.75 Å². The molecule has 2 aromatic carbocycles. The minimum Gasteiger partial charge on any atom is -0.508 e. The van der Waals surface area contributed by atoms with E-state index >= 15 is 0 Å². The first kappa shape index (κ1) is 11.6. The molecule has 3 aromatic rings. The summed E-state index contributed by atoms with van der Waals surface area (Å²) in [7, 11) is 0. The standard InChI is InChI=1S/C8H7NS.C6H6O/c1-6-3-2-4-7-8(6)9-5-10-7;7-6-4-2-1-3-5-6/h2-5H,1H3;1-5,7H. The van der Waals surface area contributed by atoms with Crippen molar-refractivity contribution in [1.29, 1.82) is 0 Å². The molecule has 0 spiro atoms. The highest BCUT2D eigenvalue weighted by atomic mass is 32.1. The van der Waals surface area contributed by atoms with Gasteiger partial charge in [-0.1, -0.05) is 30.3 Å². The molecule has 86 valence electrons. The molecule has 0 saturated carbocycles. The first-order valence-electron chi connectivity index (χ1n) is 5.30. The summed E-state index contributed by atoms with van der Waals surface area (Å²) < 4.78 is 1.28. The SMILES string of the molecule is Cc1cccc2scnc12.Oc1ccccc1. The van der Waals surface area contributed by atoms with Crippen molar-refractivity contribution in [3.05, 3.63) is 59.6 Å². The van der Waals surface area contributed by atoms with Gasteiger partial charge in [0.25, 0.3) is 0 Å². The fraction of sp³-hybridized carbons (Fsp3) is 0.0714. The van der Waals surface area contributed by atoms with Crippen LogP contribution in [0.15, 0.2) is 54.0 Å². The number of rotatable bonds is 0. The van der Waals surface area contributed by atoms with Gasteiger partial charge in [0.1, 0.15) is 5.75 Å². The van der Waals surface area contributed by atoms with Crippen LogP contribution in [0.1, 0.15) is 5.56 Å². The number of phenolic OH excluding ortho intramolecular Hbond substituents is 1. The lowest BCUT2D eigenvalue weighted by Crippen LogP contribution is -1.72. The average molecular weight is 243 g/mol. The van der Waals surface area contributed by atoms with Gasteiger partial charge in [0.15, 0.2) is 0 Å². The highest BCUT2D eigenvalue weighted by Gasteiger charge is 1.96. The first-order valence-corrected chi connectivity index (χ1v) is 6.18. The summed E-state index contributed by atoms with van der Waals surface area (Å²) in [5.74, 6) is 0.322. The summed E-state index contributed by atoms with van der Waals surface area (Å²) in [4.78, 5) is 4.24. The molecule has 1 heterocycles. The second kappa shape index (κ2) is 5.46. The van der Waals surface area contributed by atoms with Gasteiger partial charge in [-0.15, -0.1) is 11.3 Å². The van der Waals surface area contributed by atoms with Gasteiger partial charge in [0.2, 0.25) is 0 Å². The number of phenols is 1. The number of aryl methyl sites for hydroxylation is 1. The van der Waals surface area contributed by atoms with E-state index in [-0.39, 0.29) is 0 Å². The van der Waals surface area contributed by atoms with Gasteiger partial charge in [-0.25, -0.2) is 4.98 Å². The maximum atomic E-state index is 8.63. The number of nitrogens with zero attached hydrogens (tertiary/aromatic N) is 1. The summed E-state index contributed by atoms with van der Waals surface area (Å²) in [6.45, 7) is 2.09.